The van der Waals surface area contributed by atoms with Gasteiger partial charge in [-0.15, -0.1) is 0 Å². The average Bonchev–Trinajstić information content (AvgIpc) is 2.31. The number of aliphatic imine (C=N–C) groups is 1. The maximum Gasteiger partial charge on any atom is 0.439 e. The Morgan fingerprint density at radius 2 is 2.70 bits per heavy atom. The topological polar surface area (TPSA) is 47.9 Å². The smallest absolute Gasteiger partial charge is 0.439 e. The molecule has 1 amide bonds. The van der Waals surface area contributed by atoms with E-state index >= 15 is 0 Å². The largest absolute Gasteiger partial charge is 0.498 e. The van der Waals surface area contributed by atoms with Crippen molar-refractivity contribution in [2.45, 2.75) is 6.92 Å². The van der Waals surface area contributed by atoms with E-state index in [0.717, 1.165) is 0 Å². The van der Waals surface area contributed by atoms with E-state index in [1.807, 2.05) is 6.92 Å². The summed E-state index contributed by atoms with van der Waals surface area (Å²) in [6.07, 6.45) is 2.08. The number of hydrogen-bond acceptors (Lipinski definition) is 3. The minimum atomic E-state index is -0.592. The van der Waals surface area contributed by atoms with Crippen LogP contribution >= 0.6 is 0 Å². The number of nitrogens with zero attached hydrogens (tertiary/aromatic N) is 1. The van der Waals surface area contributed by atoms with Crippen LogP contribution in [0.15, 0.2) is 17.0 Å². The fourth-order valence-corrected chi connectivity index (χ4v) is 0.490. The Balaban J connectivity index is 2.45. The lowest BCUT2D eigenvalue weighted by atomic mass is 10.6. The van der Waals surface area contributed by atoms with Crippen molar-refractivity contribution >= 4 is 12.3 Å². The lowest BCUT2D eigenvalue weighted by Gasteiger charge is -1.93. The zero-order valence-corrected chi connectivity index (χ0v) is 5.53. The third-order valence-corrected chi connectivity index (χ3v) is 0.869. The van der Waals surface area contributed by atoms with E-state index in [-0.39, 0.29) is 0 Å². The van der Waals surface area contributed by atoms with Crippen LogP contribution in [0.4, 0.5) is 4.79 Å². The first-order valence-electron chi connectivity index (χ1n) is 2.90. The molecule has 4 heteroatoms. The predicted molar refractivity (Wildman–Crippen MR) is 34.7 cm³/mol. The third kappa shape index (κ3) is 1.58. The van der Waals surface area contributed by atoms with Crippen molar-refractivity contribution in [1.29, 1.82) is 0 Å². The molecule has 0 saturated carbocycles. The fourth-order valence-electron chi connectivity index (χ4n) is 0.490. The summed E-state index contributed by atoms with van der Waals surface area (Å²) >= 11 is 0. The van der Waals surface area contributed by atoms with Crippen molar-refractivity contribution in [2.24, 2.45) is 4.99 Å². The highest BCUT2D eigenvalue weighted by Gasteiger charge is 2.10. The van der Waals surface area contributed by atoms with Gasteiger partial charge in [-0.2, -0.15) is 4.99 Å². The molecular formula is C6H7NO3. The summed E-state index contributed by atoms with van der Waals surface area (Å²) in [4.78, 5) is 13.6. The van der Waals surface area contributed by atoms with Gasteiger partial charge in [-0.25, -0.2) is 4.79 Å². The Labute approximate surface area is 58.2 Å². The second kappa shape index (κ2) is 3.00. The van der Waals surface area contributed by atoms with Crippen LogP contribution in [0, 0.1) is 0 Å². The van der Waals surface area contributed by atoms with Gasteiger partial charge < -0.3 is 9.47 Å². The van der Waals surface area contributed by atoms with Crippen molar-refractivity contribution in [3.8, 4) is 0 Å². The molecule has 0 aromatic carbocycles. The lowest BCUT2D eigenvalue weighted by molar-refractivity contribution is 0.189. The van der Waals surface area contributed by atoms with E-state index in [1.165, 1.54) is 12.5 Å². The van der Waals surface area contributed by atoms with Gasteiger partial charge in [0.25, 0.3) is 0 Å². The maximum absolute atomic E-state index is 10.3. The minimum absolute atomic E-state index is 0.354. The summed E-state index contributed by atoms with van der Waals surface area (Å²) in [7, 11) is 0. The molecule has 0 fully saturated rings. The fraction of sp³-hybridized carbons (Fsp3) is 0.333. The summed E-state index contributed by atoms with van der Waals surface area (Å²) in [6, 6.07) is 0. The van der Waals surface area contributed by atoms with Gasteiger partial charge in [0, 0.05) is 0 Å². The Bertz CT molecular complexity index is 195. The van der Waals surface area contributed by atoms with E-state index < -0.39 is 6.09 Å². The first-order valence-corrected chi connectivity index (χ1v) is 2.90. The van der Waals surface area contributed by atoms with Crippen molar-refractivity contribution in [3.05, 3.63) is 12.0 Å². The molecule has 0 unspecified atom stereocenters. The number of carbonyl (C=O) groups excluding carboxylic acids is 1. The second-order valence-corrected chi connectivity index (χ2v) is 1.60. The van der Waals surface area contributed by atoms with Crippen LogP contribution in [0.3, 0.4) is 0 Å². The molecule has 0 aromatic heterocycles. The van der Waals surface area contributed by atoms with Crippen LogP contribution in [0.1, 0.15) is 6.92 Å². The van der Waals surface area contributed by atoms with Crippen LogP contribution in [0.25, 0.3) is 0 Å². The van der Waals surface area contributed by atoms with Gasteiger partial charge in [-0.3, -0.25) is 0 Å². The molecule has 0 saturated heterocycles. The Kier molecular flexibility index (Phi) is 2.04. The summed E-state index contributed by atoms with van der Waals surface area (Å²) in [5.41, 5.74) is 0. The van der Waals surface area contributed by atoms with Gasteiger partial charge in [0.1, 0.15) is 6.26 Å². The molecule has 1 aliphatic heterocycles. The number of allylic oxidation sites excluding steroid dienone is 1. The molecule has 0 aromatic rings. The molecule has 0 aliphatic carbocycles. The quantitative estimate of drug-likeness (QED) is 0.540. The van der Waals surface area contributed by atoms with Crippen LogP contribution in [0.5, 0.6) is 0 Å². The van der Waals surface area contributed by atoms with Gasteiger partial charge >= 0.3 is 6.09 Å². The number of amides is 1. The number of cyclic esters (lactones) is 1. The maximum atomic E-state index is 10.3. The molecule has 1 rings (SSSR count). The zero-order chi connectivity index (χ0) is 7.40. The standard InChI is InChI=1S/C6H7NO3/c1-2-9-4-5-3-7-6(8)10-5/h3-4H,2H2,1H3. The second-order valence-electron chi connectivity index (χ2n) is 1.60. The zero-order valence-electron chi connectivity index (χ0n) is 5.53. The molecule has 0 radical (unpaired) electrons. The molecule has 0 spiro atoms. The van der Waals surface area contributed by atoms with E-state index in [4.69, 9.17) is 4.74 Å². The van der Waals surface area contributed by atoms with Crippen LogP contribution in [-0.4, -0.2) is 18.9 Å². The number of hydrogen-bond donors (Lipinski definition) is 0. The predicted octanol–water partition coefficient (Wildman–Crippen LogP) is 1.09. The Morgan fingerprint density at radius 1 is 1.90 bits per heavy atom. The molecular weight excluding hydrogens is 134 g/mol. The molecule has 0 N–H and O–H groups in total. The third-order valence-electron chi connectivity index (χ3n) is 0.869. The minimum Gasteiger partial charge on any atom is -0.498 e. The van der Waals surface area contributed by atoms with E-state index in [0.29, 0.717) is 12.4 Å². The average molecular weight is 141 g/mol. The molecule has 1 heterocycles. The van der Waals surface area contributed by atoms with Crippen molar-refractivity contribution < 1.29 is 14.3 Å². The monoisotopic (exact) mass is 141 g/mol. The molecule has 0 atom stereocenters. The van der Waals surface area contributed by atoms with Gasteiger partial charge in [0.15, 0.2) is 5.76 Å². The van der Waals surface area contributed by atoms with Gasteiger partial charge in [0.2, 0.25) is 0 Å². The first-order chi connectivity index (χ1) is 4.83. The summed E-state index contributed by atoms with van der Waals surface area (Å²) in [6.45, 7) is 2.39. The van der Waals surface area contributed by atoms with Crippen LogP contribution in [0.2, 0.25) is 0 Å². The Hall–Kier alpha value is -1.32. The highest BCUT2D eigenvalue weighted by molar-refractivity contribution is 5.94. The van der Waals surface area contributed by atoms with Gasteiger partial charge in [-0.05, 0) is 6.92 Å². The van der Waals surface area contributed by atoms with Gasteiger partial charge in [-0.1, -0.05) is 0 Å². The van der Waals surface area contributed by atoms with Crippen LogP contribution in [-0.2, 0) is 9.47 Å². The van der Waals surface area contributed by atoms with E-state index in [1.54, 1.807) is 0 Å². The molecule has 4 nitrogen and oxygen atoms in total. The molecule has 54 valence electrons. The molecule has 1 aliphatic rings. The number of carbonyl (C=O) groups is 1. The SMILES string of the molecule is CCOC=C1C=NC(=O)O1. The summed E-state index contributed by atoms with van der Waals surface area (Å²) in [5, 5.41) is 0. The number of ether oxygens (including phenoxy) is 2. The lowest BCUT2D eigenvalue weighted by Crippen LogP contribution is -1.90. The van der Waals surface area contributed by atoms with Crippen molar-refractivity contribution in [2.75, 3.05) is 6.61 Å². The van der Waals surface area contributed by atoms with E-state index in [2.05, 4.69) is 9.73 Å². The molecule has 0 bridgehead atoms. The highest BCUT2D eigenvalue weighted by Crippen LogP contribution is 2.03. The number of rotatable bonds is 2. The first kappa shape index (κ1) is 6.80. The van der Waals surface area contributed by atoms with Crippen molar-refractivity contribution in [1.82, 2.24) is 0 Å². The van der Waals surface area contributed by atoms with Gasteiger partial charge in [0.05, 0.1) is 12.8 Å². The molecule has 10 heavy (non-hydrogen) atoms. The van der Waals surface area contributed by atoms with Crippen molar-refractivity contribution in [3.63, 3.8) is 0 Å². The summed E-state index contributed by atoms with van der Waals surface area (Å²) in [5.74, 6) is 0.354. The highest BCUT2D eigenvalue weighted by atomic mass is 16.6. The van der Waals surface area contributed by atoms with Crippen LogP contribution < -0.4 is 0 Å². The summed E-state index contributed by atoms with van der Waals surface area (Å²) < 4.78 is 9.37. The Morgan fingerprint density at radius 3 is 3.20 bits per heavy atom. The normalized spacial score (nSPS) is 19.7. The van der Waals surface area contributed by atoms with E-state index in [9.17, 15) is 4.79 Å².